The first-order valence-electron chi connectivity index (χ1n) is 8.83. The largest absolute Gasteiger partial charge is 0.454 e. The Morgan fingerprint density at radius 1 is 1.11 bits per heavy atom. The van der Waals surface area contributed by atoms with Gasteiger partial charge in [-0.3, -0.25) is 4.99 Å². The van der Waals surface area contributed by atoms with Gasteiger partial charge in [-0.2, -0.15) is 0 Å². The summed E-state index contributed by atoms with van der Waals surface area (Å²) in [6.07, 6.45) is 0. The van der Waals surface area contributed by atoms with Gasteiger partial charge in [0, 0.05) is 22.5 Å². The molecule has 2 atom stereocenters. The third kappa shape index (κ3) is 3.33. The van der Waals surface area contributed by atoms with Crippen LogP contribution in [0.2, 0.25) is 5.02 Å². The number of hydrogen-bond acceptors (Lipinski definition) is 7. The molecule has 28 heavy (non-hydrogen) atoms. The molecule has 0 radical (unpaired) electrons. The minimum absolute atomic E-state index is 0.101. The van der Waals surface area contributed by atoms with E-state index in [0.29, 0.717) is 16.5 Å². The summed E-state index contributed by atoms with van der Waals surface area (Å²) in [6.45, 7) is 0.200. The second kappa shape index (κ2) is 6.86. The van der Waals surface area contributed by atoms with Gasteiger partial charge in [-0.05, 0) is 29.8 Å². The third-order valence-electron chi connectivity index (χ3n) is 5.02. The van der Waals surface area contributed by atoms with Crippen molar-refractivity contribution in [1.29, 1.82) is 0 Å². The number of ether oxygens (including phenoxy) is 2. The number of nitrogens with zero attached hydrogens (tertiary/aromatic N) is 2. The molecule has 0 saturated carbocycles. The fourth-order valence-electron chi connectivity index (χ4n) is 3.70. The lowest BCUT2D eigenvalue weighted by Gasteiger charge is -2.26. The zero-order chi connectivity index (χ0) is 19.3. The van der Waals surface area contributed by atoms with Gasteiger partial charge in [0.05, 0.1) is 23.6 Å². The van der Waals surface area contributed by atoms with E-state index in [2.05, 4.69) is 0 Å². The molecular weight excluding hydrogens is 420 g/mol. The highest BCUT2D eigenvalue weighted by atomic mass is 35.5. The molecule has 1 saturated heterocycles. The summed E-state index contributed by atoms with van der Waals surface area (Å²) < 4.78 is 35.2. The Labute approximate surface area is 172 Å². The minimum atomic E-state index is -3.08. The monoisotopic (exact) mass is 436 g/mol. The molecule has 5 rings (SSSR count). The normalized spacial score (nSPS) is 24.3. The topological polar surface area (TPSA) is 68.2 Å². The van der Waals surface area contributed by atoms with Crippen LogP contribution in [-0.2, 0) is 15.6 Å². The van der Waals surface area contributed by atoms with Crippen LogP contribution in [0.1, 0.15) is 5.56 Å². The fourth-order valence-corrected chi connectivity index (χ4v) is 6.75. The Morgan fingerprint density at radius 3 is 2.71 bits per heavy atom. The molecule has 0 aromatic heterocycles. The van der Waals surface area contributed by atoms with Crippen molar-refractivity contribution in [3.63, 3.8) is 0 Å². The van der Waals surface area contributed by atoms with Crippen molar-refractivity contribution in [2.24, 2.45) is 4.99 Å². The third-order valence-corrected chi connectivity index (χ3v) is 8.01. The second-order valence-corrected chi connectivity index (χ2v) is 10.5. The lowest BCUT2D eigenvalue weighted by Crippen LogP contribution is -2.39. The molecule has 1 fully saturated rings. The van der Waals surface area contributed by atoms with Gasteiger partial charge in [0.15, 0.2) is 26.5 Å². The zero-order valence-electron chi connectivity index (χ0n) is 14.7. The highest BCUT2D eigenvalue weighted by Crippen LogP contribution is 2.40. The SMILES string of the molecule is O=S1(=O)CC2N=C(SCc3ccc(Cl)cc3)N(c3ccc4c(c3)OCO4)C2C1. The molecule has 6 nitrogen and oxygen atoms in total. The van der Waals surface area contributed by atoms with Gasteiger partial charge in [0.25, 0.3) is 0 Å². The molecule has 3 aliphatic heterocycles. The van der Waals surface area contributed by atoms with Crippen molar-refractivity contribution in [3.05, 3.63) is 53.1 Å². The van der Waals surface area contributed by atoms with Gasteiger partial charge < -0.3 is 14.4 Å². The van der Waals surface area contributed by atoms with Crippen molar-refractivity contribution < 1.29 is 17.9 Å². The molecule has 2 aromatic rings. The molecule has 0 bridgehead atoms. The van der Waals surface area contributed by atoms with E-state index in [9.17, 15) is 8.42 Å². The van der Waals surface area contributed by atoms with E-state index in [0.717, 1.165) is 22.2 Å². The van der Waals surface area contributed by atoms with Crippen molar-refractivity contribution >= 4 is 44.1 Å². The predicted octanol–water partition coefficient (Wildman–Crippen LogP) is 3.34. The number of benzene rings is 2. The van der Waals surface area contributed by atoms with E-state index < -0.39 is 9.84 Å². The van der Waals surface area contributed by atoms with Crippen molar-refractivity contribution in [2.75, 3.05) is 23.2 Å². The number of fused-ring (bicyclic) bond motifs is 2. The van der Waals surface area contributed by atoms with Crippen LogP contribution >= 0.6 is 23.4 Å². The summed E-state index contributed by atoms with van der Waals surface area (Å²) in [5.41, 5.74) is 2.00. The molecule has 0 amide bonds. The first-order valence-corrected chi connectivity index (χ1v) is 12.0. The van der Waals surface area contributed by atoms with Crippen molar-refractivity contribution in [1.82, 2.24) is 0 Å². The molecule has 3 aliphatic rings. The maximum Gasteiger partial charge on any atom is 0.231 e. The van der Waals surface area contributed by atoms with Crippen LogP contribution < -0.4 is 14.4 Å². The first-order chi connectivity index (χ1) is 13.5. The average Bonchev–Trinajstić information content (AvgIpc) is 3.32. The van der Waals surface area contributed by atoms with Crippen LogP contribution in [-0.4, -0.2) is 44.0 Å². The Balaban J connectivity index is 1.44. The number of aliphatic imine (C=N–C) groups is 1. The van der Waals surface area contributed by atoms with Crippen LogP contribution in [0, 0.1) is 0 Å². The number of sulfone groups is 1. The smallest absolute Gasteiger partial charge is 0.231 e. The number of amidine groups is 1. The zero-order valence-corrected chi connectivity index (χ0v) is 17.1. The predicted molar refractivity (Wildman–Crippen MR) is 111 cm³/mol. The second-order valence-electron chi connectivity index (χ2n) is 6.95. The summed E-state index contributed by atoms with van der Waals surface area (Å²) in [7, 11) is -3.08. The van der Waals surface area contributed by atoms with Gasteiger partial charge in [-0.15, -0.1) is 0 Å². The molecular formula is C19H17ClN2O4S2. The fraction of sp³-hybridized carbons (Fsp3) is 0.316. The number of anilines is 1. The van der Waals surface area contributed by atoms with Crippen LogP contribution in [0.4, 0.5) is 5.69 Å². The molecule has 2 aromatic carbocycles. The van der Waals surface area contributed by atoms with E-state index in [-0.39, 0.29) is 30.4 Å². The molecule has 0 aliphatic carbocycles. The van der Waals surface area contributed by atoms with Gasteiger partial charge in [0.2, 0.25) is 6.79 Å². The average molecular weight is 437 g/mol. The van der Waals surface area contributed by atoms with Crippen LogP contribution in [0.15, 0.2) is 47.5 Å². The molecule has 146 valence electrons. The van der Waals surface area contributed by atoms with E-state index in [1.54, 1.807) is 11.8 Å². The molecule has 0 N–H and O–H groups in total. The summed E-state index contributed by atoms with van der Waals surface area (Å²) in [4.78, 5) is 6.80. The quantitative estimate of drug-likeness (QED) is 0.735. The molecule has 0 spiro atoms. The van der Waals surface area contributed by atoms with E-state index in [1.165, 1.54) is 0 Å². The van der Waals surface area contributed by atoms with Crippen molar-refractivity contribution in [2.45, 2.75) is 17.8 Å². The van der Waals surface area contributed by atoms with Crippen LogP contribution in [0.3, 0.4) is 0 Å². The Kier molecular flexibility index (Phi) is 4.45. The number of hydrogen-bond donors (Lipinski definition) is 0. The van der Waals surface area contributed by atoms with Crippen LogP contribution in [0.25, 0.3) is 0 Å². The van der Waals surface area contributed by atoms with Gasteiger partial charge in [0.1, 0.15) is 0 Å². The highest BCUT2D eigenvalue weighted by molar-refractivity contribution is 8.13. The molecule has 9 heteroatoms. The summed E-state index contributed by atoms with van der Waals surface area (Å²) >= 11 is 7.56. The minimum Gasteiger partial charge on any atom is -0.454 e. The number of rotatable bonds is 3. The molecule has 2 unspecified atom stereocenters. The number of halogens is 1. The van der Waals surface area contributed by atoms with E-state index in [4.69, 9.17) is 26.1 Å². The Morgan fingerprint density at radius 2 is 1.89 bits per heavy atom. The Bertz CT molecular complexity index is 1060. The standard InChI is InChI=1S/C19H17ClN2O4S2/c20-13-3-1-12(2-4-13)8-27-19-21-15-9-28(23,24)10-16(15)22(19)14-5-6-17-18(7-14)26-11-25-17/h1-7,15-16H,8-11H2. The highest BCUT2D eigenvalue weighted by Gasteiger charge is 2.47. The van der Waals surface area contributed by atoms with Crippen LogP contribution in [0.5, 0.6) is 11.5 Å². The van der Waals surface area contributed by atoms with Gasteiger partial charge >= 0.3 is 0 Å². The first kappa shape index (κ1) is 18.1. The number of thioether (sulfide) groups is 1. The lowest BCUT2D eigenvalue weighted by atomic mass is 10.1. The Hall–Kier alpha value is -1.90. The summed E-state index contributed by atoms with van der Waals surface area (Å²) in [6, 6.07) is 13.0. The van der Waals surface area contributed by atoms with E-state index >= 15 is 0 Å². The van der Waals surface area contributed by atoms with E-state index in [1.807, 2.05) is 47.4 Å². The summed E-state index contributed by atoms with van der Waals surface area (Å²) in [5.74, 6) is 2.31. The van der Waals surface area contributed by atoms with Gasteiger partial charge in [-0.25, -0.2) is 8.42 Å². The van der Waals surface area contributed by atoms with Gasteiger partial charge in [-0.1, -0.05) is 35.5 Å². The van der Waals surface area contributed by atoms with Crippen molar-refractivity contribution in [3.8, 4) is 11.5 Å². The molecule has 3 heterocycles. The maximum absolute atomic E-state index is 12.2. The lowest BCUT2D eigenvalue weighted by molar-refractivity contribution is 0.174. The summed E-state index contributed by atoms with van der Waals surface area (Å²) in [5, 5.41) is 1.53. The maximum atomic E-state index is 12.2.